The number of hydrogen-bond acceptors (Lipinski definition) is 6. The van der Waals surface area contributed by atoms with Gasteiger partial charge in [-0.2, -0.15) is 0 Å². The molecule has 0 saturated carbocycles. The summed E-state index contributed by atoms with van der Waals surface area (Å²) in [4.78, 5) is 30.9. The number of nitrogens with two attached hydrogens (primary N) is 1. The highest BCUT2D eigenvalue weighted by atomic mass is 16.2. The number of carbonyl (C=O) groups excluding carboxylic acids is 2. The van der Waals surface area contributed by atoms with Crippen molar-refractivity contribution in [3.05, 3.63) is 11.4 Å². The van der Waals surface area contributed by atoms with Gasteiger partial charge in [-0.25, -0.2) is 9.97 Å². The maximum absolute atomic E-state index is 11.6. The number of piperidine rings is 1. The summed E-state index contributed by atoms with van der Waals surface area (Å²) < 4.78 is 0. The van der Waals surface area contributed by atoms with Crippen molar-refractivity contribution in [3.8, 4) is 0 Å². The number of carbonyl (C=O) groups is 2. The Morgan fingerprint density at radius 2 is 2.06 bits per heavy atom. The van der Waals surface area contributed by atoms with E-state index in [1.165, 1.54) is 0 Å². The first-order valence-electron chi connectivity index (χ1n) is 5.68. The molecule has 1 fully saturated rings. The molecule has 1 aromatic rings. The number of nitrogens with one attached hydrogen (secondary N) is 2. The first-order chi connectivity index (χ1) is 8.47. The third-order valence-corrected chi connectivity index (χ3v) is 2.85. The van der Waals surface area contributed by atoms with Crippen LogP contribution >= 0.6 is 0 Å². The second-order valence-corrected chi connectivity index (χ2v) is 4.28. The van der Waals surface area contributed by atoms with E-state index in [1.54, 1.807) is 13.8 Å². The number of hydrogen-bond donors (Lipinski definition) is 3. The van der Waals surface area contributed by atoms with Crippen molar-refractivity contribution in [2.75, 3.05) is 11.1 Å². The molecule has 7 heteroatoms. The number of aryl methyl sites for hydroxylation is 1. The summed E-state index contributed by atoms with van der Waals surface area (Å²) in [7, 11) is 0. The first-order valence-corrected chi connectivity index (χ1v) is 5.68. The molecule has 0 aromatic carbocycles. The van der Waals surface area contributed by atoms with Gasteiger partial charge in [-0.1, -0.05) is 0 Å². The molecule has 0 spiro atoms. The second kappa shape index (κ2) is 4.59. The van der Waals surface area contributed by atoms with Gasteiger partial charge in [0.05, 0.1) is 0 Å². The van der Waals surface area contributed by atoms with Gasteiger partial charge < -0.3 is 11.1 Å². The lowest BCUT2D eigenvalue weighted by Crippen LogP contribution is -2.47. The molecule has 0 radical (unpaired) electrons. The van der Waals surface area contributed by atoms with E-state index in [9.17, 15) is 9.59 Å². The second-order valence-electron chi connectivity index (χ2n) is 4.28. The van der Waals surface area contributed by atoms with Crippen LogP contribution in [0.1, 0.15) is 24.2 Å². The van der Waals surface area contributed by atoms with Crippen LogP contribution in [-0.4, -0.2) is 27.8 Å². The molecule has 2 heterocycles. The predicted octanol–water partition coefficient (Wildman–Crippen LogP) is -0.107. The number of imide groups is 1. The molecule has 4 N–H and O–H groups in total. The third kappa shape index (κ3) is 2.39. The molecule has 1 saturated heterocycles. The van der Waals surface area contributed by atoms with Crippen LogP contribution in [0.3, 0.4) is 0 Å². The molecule has 96 valence electrons. The minimum atomic E-state index is -0.463. The molecule has 18 heavy (non-hydrogen) atoms. The highest BCUT2D eigenvalue weighted by Crippen LogP contribution is 2.19. The van der Waals surface area contributed by atoms with Crippen molar-refractivity contribution in [2.24, 2.45) is 0 Å². The van der Waals surface area contributed by atoms with Gasteiger partial charge in [-0.3, -0.25) is 14.9 Å². The van der Waals surface area contributed by atoms with Gasteiger partial charge in [0.2, 0.25) is 11.8 Å². The van der Waals surface area contributed by atoms with Crippen molar-refractivity contribution in [3.63, 3.8) is 0 Å². The fourth-order valence-electron chi connectivity index (χ4n) is 1.79. The number of aromatic nitrogens is 2. The number of nitrogen functional groups attached to an aromatic ring is 1. The molecule has 1 unspecified atom stereocenters. The number of nitrogens with zero attached hydrogens (tertiary/aromatic N) is 2. The Balaban J connectivity index is 2.19. The monoisotopic (exact) mass is 249 g/mol. The molecule has 7 nitrogen and oxygen atoms in total. The highest BCUT2D eigenvalue weighted by molar-refractivity contribution is 6.01. The molecule has 1 atom stereocenters. The summed E-state index contributed by atoms with van der Waals surface area (Å²) in [5.41, 5.74) is 6.44. The fourth-order valence-corrected chi connectivity index (χ4v) is 1.79. The van der Waals surface area contributed by atoms with E-state index < -0.39 is 6.04 Å². The largest absolute Gasteiger partial charge is 0.383 e. The Morgan fingerprint density at radius 1 is 1.33 bits per heavy atom. The van der Waals surface area contributed by atoms with Crippen molar-refractivity contribution < 1.29 is 9.59 Å². The lowest BCUT2D eigenvalue weighted by molar-refractivity contribution is -0.133. The zero-order valence-corrected chi connectivity index (χ0v) is 10.3. The van der Waals surface area contributed by atoms with Gasteiger partial charge in [0.15, 0.2) is 0 Å². The van der Waals surface area contributed by atoms with Crippen LogP contribution in [0.4, 0.5) is 11.6 Å². The Morgan fingerprint density at radius 3 is 2.72 bits per heavy atom. The van der Waals surface area contributed by atoms with Crippen LogP contribution in [0, 0.1) is 13.8 Å². The third-order valence-electron chi connectivity index (χ3n) is 2.85. The van der Waals surface area contributed by atoms with Crippen molar-refractivity contribution >= 4 is 23.5 Å². The van der Waals surface area contributed by atoms with E-state index in [2.05, 4.69) is 20.6 Å². The average Bonchev–Trinajstić information content (AvgIpc) is 2.29. The molecule has 2 amide bonds. The fraction of sp³-hybridized carbons (Fsp3) is 0.455. The minimum Gasteiger partial charge on any atom is -0.383 e. The molecular formula is C11H15N5O2. The van der Waals surface area contributed by atoms with Crippen LogP contribution in [0.5, 0.6) is 0 Å². The Labute approximate surface area is 104 Å². The van der Waals surface area contributed by atoms with E-state index in [0.29, 0.717) is 35.9 Å². The van der Waals surface area contributed by atoms with Gasteiger partial charge in [0.1, 0.15) is 23.5 Å². The highest BCUT2D eigenvalue weighted by Gasteiger charge is 2.27. The molecule has 1 aliphatic heterocycles. The maximum atomic E-state index is 11.6. The zero-order chi connectivity index (χ0) is 13.3. The zero-order valence-electron chi connectivity index (χ0n) is 10.3. The normalized spacial score (nSPS) is 19.6. The SMILES string of the molecule is Cc1nc(N)c(C)c(NC2CCC(=O)NC2=O)n1. The lowest BCUT2D eigenvalue weighted by atomic mass is 10.1. The van der Waals surface area contributed by atoms with Crippen molar-refractivity contribution in [2.45, 2.75) is 32.7 Å². The standard InChI is InChI=1S/C11H15N5O2/c1-5-9(12)13-6(2)14-10(5)15-7-3-4-8(17)16-11(7)18/h7H,3-4H2,1-2H3,(H,16,17,18)(H3,12,13,14,15). The number of rotatable bonds is 2. The summed E-state index contributed by atoms with van der Waals surface area (Å²) in [5.74, 6) is 0.883. The quantitative estimate of drug-likeness (QED) is 0.631. The molecule has 0 aliphatic carbocycles. The molecule has 2 rings (SSSR count). The lowest BCUT2D eigenvalue weighted by Gasteiger charge is -2.23. The van der Waals surface area contributed by atoms with Crippen LogP contribution < -0.4 is 16.4 Å². The van der Waals surface area contributed by atoms with E-state index in [-0.39, 0.29) is 11.8 Å². The summed E-state index contributed by atoms with van der Waals surface area (Å²) in [6.45, 7) is 3.51. The molecule has 0 bridgehead atoms. The van der Waals surface area contributed by atoms with E-state index >= 15 is 0 Å². The number of amides is 2. The van der Waals surface area contributed by atoms with Gasteiger partial charge in [-0.05, 0) is 20.3 Å². The maximum Gasteiger partial charge on any atom is 0.249 e. The van der Waals surface area contributed by atoms with Gasteiger partial charge in [0.25, 0.3) is 0 Å². The van der Waals surface area contributed by atoms with Gasteiger partial charge in [-0.15, -0.1) is 0 Å². The van der Waals surface area contributed by atoms with Gasteiger partial charge >= 0.3 is 0 Å². The predicted molar refractivity (Wildman–Crippen MR) is 65.7 cm³/mol. The van der Waals surface area contributed by atoms with E-state index in [1.807, 2.05) is 0 Å². The summed E-state index contributed by atoms with van der Waals surface area (Å²) in [6, 6.07) is -0.463. The van der Waals surface area contributed by atoms with Crippen molar-refractivity contribution in [1.29, 1.82) is 0 Å². The van der Waals surface area contributed by atoms with Crippen molar-refractivity contribution in [1.82, 2.24) is 15.3 Å². The summed E-state index contributed by atoms with van der Waals surface area (Å²) in [5, 5.41) is 5.29. The van der Waals surface area contributed by atoms with E-state index in [4.69, 9.17) is 5.73 Å². The molecule has 1 aromatic heterocycles. The van der Waals surface area contributed by atoms with Crippen LogP contribution in [0.2, 0.25) is 0 Å². The average molecular weight is 249 g/mol. The van der Waals surface area contributed by atoms with Crippen LogP contribution in [0.15, 0.2) is 0 Å². The Bertz CT molecular complexity index is 514. The molecular weight excluding hydrogens is 234 g/mol. The minimum absolute atomic E-state index is 0.242. The molecule has 1 aliphatic rings. The summed E-state index contributed by atoms with van der Waals surface area (Å²) >= 11 is 0. The van der Waals surface area contributed by atoms with Crippen LogP contribution in [0.25, 0.3) is 0 Å². The number of anilines is 2. The Hall–Kier alpha value is -2.18. The Kier molecular flexibility index (Phi) is 3.14. The topological polar surface area (TPSA) is 110 Å². The first kappa shape index (κ1) is 12.3. The van der Waals surface area contributed by atoms with E-state index in [0.717, 1.165) is 0 Å². The van der Waals surface area contributed by atoms with Gasteiger partial charge in [0, 0.05) is 12.0 Å². The smallest absolute Gasteiger partial charge is 0.249 e. The summed E-state index contributed by atoms with van der Waals surface area (Å²) in [6.07, 6.45) is 0.773. The van der Waals surface area contributed by atoms with Crippen LogP contribution in [-0.2, 0) is 9.59 Å².